The molecule has 0 spiro atoms. The maximum atomic E-state index is 5.85. The van der Waals surface area contributed by atoms with Crippen molar-refractivity contribution in [1.29, 1.82) is 0 Å². The first kappa shape index (κ1) is 10.9. The molecule has 1 aliphatic rings. The summed E-state index contributed by atoms with van der Waals surface area (Å²) in [4.78, 5) is 0. The molecule has 0 saturated heterocycles. The van der Waals surface area contributed by atoms with Gasteiger partial charge in [0, 0.05) is 22.5 Å². The van der Waals surface area contributed by atoms with Gasteiger partial charge in [0.05, 0.1) is 0 Å². The molecule has 1 aromatic heterocycles. The molecule has 2 heteroatoms. The van der Waals surface area contributed by atoms with E-state index in [0.717, 1.165) is 11.2 Å². The Morgan fingerprint density at radius 2 is 1.68 bits per heavy atom. The van der Waals surface area contributed by atoms with Gasteiger partial charge in [0.25, 0.3) is 0 Å². The first-order valence-electron chi connectivity index (χ1n) is 7.08. The Balaban J connectivity index is 1.78. The fourth-order valence-electron chi connectivity index (χ4n) is 3.12. The van der Waals surface area contributed by atoms with E-state index in [2.05, 4.69) is 35.6 Å². The molecule has 1 saturated carbocycles. The van der Waals surface area contributed by atoms with Crippen LogP contribution < -0.4 is 5.32 Å². The van der Waals surface area contributed by atoms with E-state index in [1.54, 1.807) is 0 Å². The Kier molecular flexibility index (Phi) is 2.47. The second-order valence-corrected chi connectivity index (χ2v) is 5.43. The lowest BCUT2D eigenvalue weighted by Gasteiger charge is -2.13. The number of hydrogen-bond donors (Lipinski definition) is 1. The highest BCUT2D eigenvalue weighted by atomic mass is 16.3. The van der Waals surface area contributed by atoms with Gasteiger partial charge in [0.1, 0.15) is 11.2 Å². The number of furan rings is 1. The van der Waals surface area contributed by atoms with Gasteiger partial charge in [0.15, 0.2) is 0 Å². The molecular weight excluding hydrogens is 234 g/mol. The standard InChI is InChI=1S/C17H17NO/c1-2-6-12(5-1)18-13-9-10-17-15(11-13)14-7-3-4-8-16(14)19-17/h3-4,7-12,18H,1-2,5-6H2. The highest BCUT2D eigenvalue weighted by molar-refractivity contribution is 6.05. The van der Waals surface area contributed by atoms with Crippen LogP contribution in [0.5, 0.6) is 0 Å². The normalized spacial score (nSPS) is 16.4. The first-order chi connectivity index (χ1) is 9.40. The molecular formula is C17H17NO. The highest BCUT2D eigenvalue weighted by Crippen LogP contribution is 2.31. The van der Waals surface area contributed by atoms with Crippen LogP contribution in [0.25, 0.3) is 21.9 Å². The predicted octanol–water partition coefficient (Wildman–Crippen LogP) is 4.94. The van der Waals surface area contributed by atoms with E-state index in [0.29, 0.717) is 6.04 Å². The van der Waals surface area contributed by atoms with E-state index in [9.17, 15) is 0 Å². The van der Waals surface area contributed by atoms with Crippen molar-refractivity contribution in [1.82, 2.24) is 0 Å². The smallest absolute Gasteiger partial charge is 0.135 e. The first-order valence-corrected chi connectivity index (χ1v) is 7.08. The largest absolute Gasteiger partial charge is 0.456 e. The number of nitrogens with one attached hydrogen (secondary N) is 1. The molecule has 1 N–H and O–H groups in total. The van der Waals surface area contributed by atoms with Crippen LogP contribution in [0.4, 0.5) is 5.69 Å². The quantitative estimate of drug-likeness (QED) is 0.697. The van der Waals surface area contributed by atoms with Gasteiger partial charge in [0.2, 0.25) is 0 Å². The van der Waals surface area contributed by atoms with Crippen molar-refractivity contribution >= 4 is 27.6 Å². The Bertz CT molecular complexity index is 722. The summed E-state index contributed by atoms with van der Waals surface area (Å²) in [5.41, 5.74) is 3.15. The van der Waals surface area contributed by atoms with Crippen molar-refractivity contribution in [2.45, 2.75) is 31.7 Å². The molecule has 2 aromatic carbocycles. The molecule has 2 nitrogen and oxygen atoms in total. The summed E-state index contributed by atoms with van der Waals surface area (Å²) in [5, 5.41) is 6.05. The molecule has 0 bridgehead atoms. The van der Waals surface area contributed by atoms with Crippen molar-refractivity contribution in [2.75, 3.05) is 5.32 Å². The molecule has 3 aromatic rings. The number of rotatable bonds is 2. The van der Waals surface area contributed by atoms with Gasteiger partial charge in [-0.05, 0) is 37.1 Å². The number of fused-ring (bicyclic) bond motifs is 3. The molecule has 1 fully saturated rings. The lowest BCUT2D eigenvalue weighted by Crippen LogP contribution is -2.14. The van der Waals surface area contributed by atoms with Gasteiger partial charge >= 0.3 is 0 Å². The van der Waals surface area contributed by atoms with Crippen LogP contribution >= 0.6 is 0 Å². The molecule has 4 rings (SSSR count). The third-order valence-electron chi connectivity index (χ3n) is 4.10. The summed E-state index contributed by atoms with van der Waals surface area (Å²) in [6.45, 7) is 0. The summed E-state index contributed by atoms with van der Waals surface area (Å²) in [7, 11) is 0. The number of hydrogen-bond acceptors (Lipinski definition) is 2. The molecule has 0 amide bonds. The molecule has 0 atom stereocenters. The molecule has 19 heavy (non-hydrogen) atoms. The summed E-state index contributed by atoms with van der Waals surface area (Å²) in [6, 6.07) is 15.3. The third-order valence-corrected chi connectivity index (χ3v) is 4.10. The van der Waals surface area contributed by atoms with Crippen LogP contribution in [0.1, 0.15) is 25.7 Å². The highest BCUT2D eigenvalue weighted by Gasteiger charge is 2.15. The summed E-state index contributed by atoms with van der Waals surface area (Å²) in [6.07, 6.45) is 5.30. The van der Waals surface area contributed by atoms with Crippen LogP contribution in [0, 0.1) is 0 Å². The van der Waals surface area contributed by atoms with Crippen molar-refractivity contribution in [3.8, 4) is 0 Å². The summed E-state index contributed by atoms with van der Waals surface area (Å²) >= 11 is 0. The molecule has 0 aliphatic heterocycles. The summed E-state index contributed by atoms with van der Waals surface area (Å²) in [5.74, 6) is 0. The topological polar surface area (TPSA) is 25.2 Å². The van der Waals surface area contributed by atoms with Gasteiger partial charge in [-0.1, -0.05) is 31.0 Å². The van der Waals surface area contributed by atoms with Crippen LogP contribution in [-0.4, -0.2) is 6.04 Å². The van der Waals surface area contributed by atoms with Gasteiger partial charge < -0.3 is 9.73 Å². The molecule has 0 unspecified atom stereocenters. The van der Waals surface area contributed by atoms with Crippen molar-refractivity contribution in [3.05, 3.63) is 42.5 Å². The van der Waals surface area contributed by atoms with Gasteiger partial charge in [-0.25, -0.2) is 0 Å². The second-order valence-electron chi connectivity index (χ2n) is 5.43. The second kappa shape index (κ2) is 4.30. The van der Waals surface area contributed by atoms with Gasteiger partial charge in [-0.15, -0.1) is 0 Å². The van der Waals surface area contributed by atoms with Crippen LogP contribution in [0.15, 0.2) is 46.9 Å². The summed E-state index contributed by atoms with van der Waals surface area (Å²) < 4.78 is 5.85. The third kappa shape index (κ3) is 1.88. The Hall–Kier alpha value is -1.96. The average molecular weight is 251 g/mol. The molecule has 1 heterocycles. The van der Waals surface area contributed by atoms with E-state index in [1.807, 2.05) is 12.1 Å². The van der Waals surface area contributed by atoms with E-state index < -0.39 is 0 Å². The lowest BCUT2D eigenvalue weighted by atomic mass is 10.1. The van der Waals surface area contributed by atoms with E-state index >= 15 is 0 Å². The van der Waals surface area contributed by atoms with Gasteiger partial charge in [-0.3, -0.25) is 0 Å². The fraction of sp³-hybridized carbons (Fsp3) is 0.294. The van der Waals surface area contributed by atoms with E-state index in [1.165, 1.54) is 42.1 Å². The van der Waals surface area contributed by atoms with Crippen LogP contribution in [-0.2, 0) is 0 Å². The maximum Gasteiger partial charge on any atom is 0.135 e. The van der Waals surface area contributed by atoms with Gasteiger partial charge in [-0.2, -0.15) is 0 Å². The van der Waals surface area contributed by atoms with Crippen LogP contribution in [0.2, 0.25) is 0 Å². The lowest BCUT2D eigenvalue weighted by molar-refractivity contribution is 0.669. The maximum absolute atomic E-state index is 5.85. The zero-order valence-corrected chi connectivity index (χ0v) is 10.9. The Morgan fingerprint density at radius 1 is 0.895 bits per heavy atom. The van der Waals surface area contributed by atoms with Crippen LogP contribution in [0.3, 0.4) is 0 Å². The van der Waals surface area contributed by atoms with E-state index in [-0.39, 0.29) is 0 Å². The number of benzene rings is 2. The minimum absolute atomic E-state index is 0.649. The molecule has 96 valence electrons. The molecule has 0 radical (unpaired) electrons. The average Bonchev–Trinajstić information content (AvgIpc) is 3.06. The monoisotopic (exact) mass is 251 g/mol. The van der Waals surface area contributed by atoms with E-state index in [4.69, 9.17) is 4.42 Å². The molecule has 1 aliphatic carbocycles. The SMILES string of the molecule is c1ccc2c(c1)oc1ccc(NC3CCCC3)cc12. The Morgan fingerprint density at radius 3 is 2.58 bits per heavy atom. The zero-order valence-electron chi connectivity index (χ0n) is 10.9. The fourth-order valence-corrected chi connectivity index (χ4v) is 3.12. The predicted molar refractivity (Wildman–Crippen MR) is 79.6 cm³/mol. The van der Waals surface area contributed by atoms with Crippen molar-refractivity contribution in [3.63, 3.8) is 0 Å². The number of para-hydroxylation sites is 1. The van der Waals surface area contributed by atoms with Crippen molar-refractivity contribution < 1.29 is 4.42 Å². The number of anilines is 1. The minimum Gasteiger partial charge on any atom is -0.456 e. The Labute approximate surface area is 112 Å². The minimum atomic E-state index is 0.649. The van der Waals surface area contributed by atoms with Crippen molar-refractivity contribution in [2.24, 2.45) is 0 Å². The zero-order chi connectivity index (χ0) is 12.7.